The zero-order valence-corrected chi connectivity index (χ0v) is 10.2. The summed E-state index contributed by atoms with van der Waals surface area (Å²) in [5.74, 6) is 0. The molecule has 0 saturated carbocycles. The minimum Gasteiger partial charge on any atom is -0.318 e. The Morgan fingerprint density at radius 2 is 0.933 bits per heavy atom. The van der Waals surface area contributed by atoms with Crippen LogP contribution in [0.25, 0.3) is 0 Å². The first-order valence-corrected chi connectivity index (χ1v) is 5.56. The third kappa shape index (κ3) is 2.16. The number of nitrogens with zero attached hydrogens (tertiary/aromatic N) is 4. The summed E-state index contributed by atoms with van der Waals surface area (Å²) in [5.41, 5.74) is 0. The average molecular weight is 214 g/mol. The normalized spacial score (nSPS) is 29.6. The molecule has 0 aliphatic carbocycles. The summed E-state index contributed by atoms with van der Waals surface area (Å²) in [6.07, 6.45) is 0.246. The van der Waals surface area contributed by atoms with Crippen LogP contribution in [0.4, 0.5) is 0 Å². The van der Waals surface area contributed by atoms with Crippen LogP contribution < -0.4 is 0 Å². The van der Waals surface area contributed by atoms with Crippen molar-refractivity contribution in [3.8, 4) is 0 Å². The second-order valence-electron chi connectivity index (χ2n) is 4.71. The van der Waals surface area contributed by atoms with Gasteiger partial charge in [0.2, 0.25) is 0 Å². The van der Waals surface area contributed by atoms with Gasteiger partial charge in [-0.25, -0.2) is 0 Å². The summed E-state index contributed by atoms with van der Waals surface area (Å²) < 4.78 is 6.12. The van der Waals surface area contributed by atoms with Crippen molar-refractivity contribution < 1.29 is 4.74 Å². The van der Waals surface area contributed by atoms with Gasteiger partial charge in [-0.1, -0.05) is 0 Å². The van der Waals surface area contributed by atoms with Gasteiger partial charge in [-0.2, -0.15) is 0 Å². The summed E-state index contributed by atoms with van der Waals surface area (Å²) in [6, 6.07) is 0. The highest BCUT2D eigenvalue weighted by Crippen LogP contribution is 2.18. The molecule has 0 N–H and O–H groups in total. The van der Waals surface area contributed by atoms with E-state index in [1.165, 1.54) is 0 Å². The maximum absolute atomic E-state index is 6.12. The molecule has 0 aromatic heterocycles. The lowest BCUT2D eigenvalue weighted by molar-refractivity contribution is -0.201. The van der Waals surface area contributed by atoms with E-state index in [0.29, 0.717) is 0 Å². The van der Waals surface area contributed by atoms with E-state index in [0.717, 1.165) is 26.2 Å². The molecule has 88 valence electrons. The topological polar surface area (TPSA) is 22.2 Å². The van der Waals surface area contributed by atoms with E-state index in [1.54, 1.807) is 0 Å². The second kappa shape index (κ2) is 4.35. The minimum absolute atomic E-state index is 0.123. The van der Waals surface area contributed by atoms with Crippen LogP contribution in [-0.2, 0) is 4.74 Å². The molecular formula is C10H22N4O. The van der Waals surface area contributed by atoms with Gasteiger partial charge < -0.3 is 4.74 Å². The molecule has 0 radical (unpaired) electrons. The van der Waals surface area contributed by atoms with Crippen LogP contribution in [0.3, 0.4) is 0 Å². The Morgan fingerprint density at radius 1 is 0.667 bits per heavy atom. The molecule has 2 heterocycles. The Morgan fingerprint density at radius 3 is 1.20 bits per heavy atom. The molecule has 0 atom stereocenters. The summed E-state index contributed by atoms with van der Waals surface area (Å²) in [4.78, 5) is 9.00. The highest BCUT2D eigenvalue weighted by Gasteiger charge is 2.34. The molecule has 0 bridgehead atoms. The smallest absolute Gasteiger partial charge is 0.171 e. The van der Waals surface area contributed by atoms with Crippen LogP contribution in [0.2, 0.25) is 0 Å². The molecule has 0 aromatic rings. The quantitative estimate of drug-likeness (QED) is 0.606. The summed E-state index contributed by atoms with van der Waals surface area (Å²) in [7, 11) is 8.46. The van der Waals surface area contributed by atoms with Crippen LogP contribution in [0, 0.1) is 0 Å². The molecule has 0 aromatic carbocycles. The number of likely N-dealkylation sites (N-methyl/N-ethyl adjacent to an activating group) is 4. The Balaban J connectivity index is 1.95. The highest BCUT2D eigenvalue weighted by molar-refractivity contribution is 4.75. The van der Waals surface area contributed by atoms with E-state index in [-0.39, 0.29) is 12.7 Å². The Bertz CT molecular complexity index is 183. The van der Waals surface area contributed by atoms with Gasteiger partial charge in [-0.3, -0.25) is 19.6 Å². The van der Waals surface area contributed by atoms with Crippen molar-refractivity contribution in [2.75, 3.05) is 54.4 Å². The third-order valence-electron chi connectivity index (χ3n) is 3.36. The van der Waals surface area contributed by atoms with Crippen molar-refractivity contribution in [3.63, 3.8) is 0 Å². The van der Waals surface area contributed by atoms with E-state index in [9.17, 15) is 0 Å². The zero-order valence-electron chi connectivity index (χ0n) is 10.2. The molecule has 0 spiro atoms. The Kier molecular flexibility index (Phi) is 3.27. The van der Waals surface area contributed by atoms with Crippen LogP contribution in [0.15, 0.2) is 0 Å². The predicted octanol–water partition coefficient (Wildman–Crippen LogP) is -0.675. The first-order valence-electron chi connectivity index (χ1n) is 5.56. The Hall–Kier alpha value is -0.200. The largest absolute Gasteiger partial charge is 0.318 e. The first-order chi connectivity index (χ1) is 7.09. The molecule has 2 fully saturated rings. The number of hydrogen-bond acceptors (Lipinski definition) is 5. The second-order valence-corrected chi connectivity index (χ2v) is 4.71. The van der Waals surface area contributed by atoms with Gasteiger partial charge in [-0.05, 0) is 28.2 Å². The van der Waals surface area contributed by atoms with E-state index in [2.05, 4.69) is 47.8 Å². The molecular weight excluding hydrogens is 192 g/mol. The van der Waals surface area contributed by atoms with Crippen molar-refractivity contribution in [1.29, 1.82) is 0 Å². The van der Waals surface area contributed by atoms with E-state index < -0.39 is 0 Å². The lowest BCUT2D eigenvalue weighted by Crippen LogP contribution is -2.47. The molecule has 2 aliphatic rings. The van der Waals surface area contributed by atoms with E-state index >= 15 is 0 Å². The van der Waals surface area contributed by atoms with Gasteiger partial charge in [0.25, 0.3) is 0 Å². The summed E-state index contributed by atoms with van der Waals surface area (Å²) >= 11 is 0. The summed E-state index contributed by atoms with van der Waals surface area (Å²) in [6.45, 7) is 4.34. The number of hydrogen-bond donors (Lipinski definition) is 0. The molecule has 0 unspecified atom stereocenters. The lowest BCUT2D eigenvalue weighted by Gasteiger charge is -2.33. The maximum Gasteiger partial charge on any atom is 0.171 e. The van der Waals surface area contributed by atoms with Crippen LogP contribution in [0.5, 0.6) is 0 Å². The van der Waals surface area contributed by atoms with Gasteiger partial charge in [0.1, 0.15) is 0 Å². The minimum atomic E-state index is 0.123. The SMILES string of the molecule is CN1CCN(C)C1OC1N(C)CCN1C. The molecule has 5 heteroatoms. The van der Waals surface area contributed by atoms with Crippen molar-refractivity contribution in [1.82, 2.24) is 19.6 Å². The molecule has 2 aliphatic heterocycles. The van der Waals surface area contributed by atoms with E-state index in [1.807, 2.05) is 0 Å². The molecule has 0 amide bonds. The zero-order chi connectivity index (χ0) is 11.0. The predicted molar refractivity (Wildman–Crippen MR) is 59.2 cm³/mol. The van der Waals surface area contributed by atoms with E-state index in [4.69, 9.17) is 4.74 Å². The van der Waals surface area contributed by atoms with Gasteiger partial charge in [0.05, 0.1) is 0 Å². The van der Waals surface area contributed by atoms with Crippen LogP contribution in [-0.4, -0.2) is 86.7 Å². The first kappa shape index (κ1) is 11.3. The van der Waals surface area contributed by atoms with Crippen LogP contribution in [0.1, 0.15) is 0 Å². The van der Waals surface area contributed by atoms with Crippen molar-refractivity contribution in [2.24, 2.45) is 0 Å². The number of rotatable bonds is 2. The standard InChI is InChI=1S/C10H22N4O/c1-11-5-6-12(2)9(11)15-10-13(3)7-8-14(10)4/h9-10H,5-8H2,1-4H3. The molecule has 2 rings (SSSR count). The monoisotopic (exact) mass is 214 g/mol. The number of ether oxygens (including phenoxy) is 1. The van der Waals surface area contributed by atoms with Gasteiger partial charge in [0, 0.05) is 26.2 Å². The van der Waals surface area contributed by atoms with Crippen molar-refractivity contribution >= 4 is 0 Å². The Labute approximate surface area is 92.2 Å². The van der Waals surface area contributed by atoms with Gasteiger partial charge in [-0.15, -0.1) is 0 Å². The van der Waals surface area contributed by atoms with Crippen molar-refractivity contribution in [3.05, 3.63) is 0 Å². The third-order valence-corrected chi connectivity index (χ3v) is 3.36. The van der Waals surface area contributed by atoms with Crippen LogP contribution >= 0.6 is 0 Å². The average Bonchev–Trinajstić information content (AvgIpc) is 2.67. The lowest BCUT2D eigenvalue weighted by atomic mass is 10.6. The fourth-order valence-electron chi connectivity index (χ4n) is 2.27. The highest BCUT2D eigenvalue weighted by atomic mass is 16.6. The van der Waals surface area contributed by atoms with Gasteiger partial charge >= 0.3 is 0 Å². The van der Waals surface area contributed by atoms with Crippen molar-refractivity contribution in [2.45, 2.75) is 12.7 Å². The van der Waals surface area contributed by atoms with Gasteiger partial charge in [0.15, 0.2) is 12.7 Å². The molecule has 15 heavy (non-hydrogen) atoms. The molecule has 2 saturated heterocycles. The molecule has 5 nitrogen and oxygen atoms in total. The maximum atomic E-state index is 6.12. The summed E-state index contributed by atoms with van der Waals surface area (Å²) in [5, 5.41) is 0. The fraction of sp³-hybridized carbons (Fsp3) is 1.00. The fourth-order valence-corrected chi connectivity index (χ4v) is 2.27.